The number of hydrogen-bond acceptors (Lipinski definition) is 2. The fraction of sp³-hybridized carbons (Fsp3) is 0.615. The summed E-state index contributed by atoms with van der Waals surface area (Å²) in [7, 11) is 0. The van der Waals surface area contributed by atoms with Gasteiger partial charge in [0, 0.05) is 18.4 Å². The molecule has 2 bridgehead atoms. The monoisotopic (exact) mass is 202 g/mol. The molecule has 0 unspecified atom stereocenters. The van der Waals surface area contributed by atoms with Gasteiger partial charge in [0.15, 0.2) is 0 Å². The summed E-state index contributed by atoms with van der Waals surface area (Å²) in [6, 6.07) is 4.94. The quantitative estimate of drug-likeness (QED) is 0.696. The molecule has 0 saturated carbocycles. The number of hydrogen-bond donors (Lipinski definition) is 0. The topological polar surface area (TPSA) is 16.1 Å². The van der Waals surface area contributed by atoms with Gasteiger partial charge in [-0.1, -0.05) is 6.07 Å². The predicted molar refractivity (Wildman–Crippen MR) is 60.5 cm³/mol. The van der Waals surface area contributed by atoms with E-state index in [4.69, 9.17) is 0 Å². The summed E-state index contributed by atoms with van der Waals surface area (Å²) < 4.78 is 0. The van der Waals surface area contributed by atoms with Crippen molar-refractivity contribution in [2.24, 2.45) is 5.92 Å². The Labute approximate surface area is 91.3 Å². The second-order valence-electron chi connectivity index (χ2n) is 4.86. The van der Waals surface area contributed by atoms with Crippen molar-refractivity contribution in [1.82, 2.24) is 9.88 Å². The third-order valence-electron chi connectivity index (χ3n) is 4.01. The molecule has 15 heavy (non-hydrogen) atoms. The summed E-state index contributed by atoms with van der Waals surface area (Å²) in [4.78, 5) is 6.90. The second-order valence-corrected chi connectivity index (χ2v) is 4.86. The summed E-state index contributed by atoms with van der Waals surface area (Å²) in [5.41, 5.74) is 1.42. The van der Waals surface area contributed by atoms with Crippen molar-refractivity contribution >= 4 is 0 Å². The van der Waals surface area contributed by atoms with E-state index in [0.29, 0.717) is 6.04 Å². The summed E-state index contributed by atoms with van der Waals surface area (Å²) in [5.74, 6) is 1.00. The van der Waals surface area contributed by atoms with Crippen molar-refractivity contribution in [2.75, 3.05) is 13.1 Å². The normalized spacial score (nSPS) is 35.1. The summed E-state index contributed by atoms with van der Waals surface area (Å²) >= 11 is 0. The van der Waals surface area contributed by atoms with E-state index in [9.17, 15) is 0 Å². The van der Waals surface area contributed by atoms with E-state index < -0.39 is 0 Å². The van der Waals surface area contributed by atoms with Crippen LogP contribution >= 0.6 is 0 Å². The zero-order valence-corrected chi connectivity index (χ0v) is 9.10. The Bertz CT molecular complexity index is 315. The molecule has 3 aliphatic heterocycles. The molecule has 4 heterocycles. The Morgan fingerprint density at radius 1 is 1.13 bits per heavy atom. The van der Waals surface area contributed by atoms with Crippen molar-refractivity contribution in [3.63, 3.8) is 0 Å². The van der Waals surface area contributed by atoms with Crippen LogP contribution in [0.3, 0.4) is 0 Å². The highest BCUT2D eigenvalue weighted by molar-refractivity contribution is 5.15. The molecule has 2 heteroatoms. The molecule has 80 valence electrons. The van der Waals surface area contributed by atoms with Crippen LogP contribution < -0.4 is 0 Å². The SMILES string of the molecule is c1cncc([C@@H]2CCC3CCN2CC3)c1. The van der Waals surface area contributed by atoms with Crippen LogP contribution in [0.15, 0.2) is 24.5 Å². The molecule has 3 aliphatic rings. The van der Waals surface area contributed by atoms with Crippen LogP contribution in [0.2, 0.25) is 0 Å². The maximum absolute atomic E-state index is 4.25. The van der Waals surface area contributed by atoms with E-state index in [1.54, 1.807) is 0 Å². The minimum absolute atomic E-state index is 0.645. The first-order valence-electron chi connectivity index (χ1n) is 6.07. The summed E-state index contributed by atoms with van der Waals surface area (Å²) in [5, 5.41) is 0. The lowest BCUT2D eigenvalue weighted by atomic mass is 9.95. The molecule has 1 aromatic rings. The van der Waals surface area contributed by atoms with E-state index >= 15 is 0 Å². The lowest BCUT2D eigenvalue weighted by Gasteiger charge is -2.32. The van der Waals surface area contributed by atoms with Gasteiger partial charge < -0.3 is 0 Å². The maximum Gasteiger partial charge on any atom is 0.0363 e. The van der Waals surface area contributed by atoms with E-state index in [2.05, 4.69) is 22.0 Å². The molecule has 0 aliphatic carbocycles. The van der Waals surface area contributed by atoms with Gasteiger partial charge in [-0.15, -0.1) is 0 Å². The third-order valence-corrected chi connectivity index (χ3v) is 4.01. The molecule has 0 aromatic carbocycles. The summed E-state index contributed by atoms with van der Waals surface area (Å²) in [6.07, 6.45) is 9.48. The van der Waals surface area contributed by atoms with Crippen LogP contribution in [-0.4, -0.2) is 23.0 Å². The van der Waals surface area contributed by atoms with E-state index in [0.717, 1.165) is 5.92 Å². The number of piperidine rings is 1. The number of rotatable bonds is 1. The van der Waals surface area contributed by atoms with Crippen molar-refractivity contribution in [2.45, 2.75) is 31.7 Å². The van der Waals surface area contributed by atoms with Gasteiger partial charge in [0.2, 0.25) is 0 Å². The molecule has 4 rings (SSSR count). The van der Waals surface area contributed by atoms with Gasteiger partial charge in [0.1, 0.15) is 0 Å². The highest BCUT2D eigenvalue weighted by Gasteiger charge is 2.30. The van der Waals surface area contributed by atoms with Crippen molar-refractivity contribution in [3.05, 3.63) is 30.1 Å². The Morgan fingerprint density at radius 2 is 2.00 bits per heavy atom. The number of aromatic nitrogens is 1. The lowest BCUT2D eigenvalue weighted by molar-refractivity contribution is 0.170. The molecule has 1 aromatic heterocycles. The molecular formula is C13H18N2. The number of nitrogens with zero attached hydrogens (tertiary/aromatic N) is 2. The molecule has 0 radical (unpaired) electrons. The molecule has 0 N–H and O–H groups in total. The van der Waals surface area contributed by atoms with Gasteiger partial charge in [-0.05, 0) is 56.3 Å². The van der Waals surface area contributed by atoms with Crippen molar-refractivity contribution < 1.29 is 0 Å². The second kappa shape index (κ2) is 3.93. The smallest absolute Gasteiger partial charge is 0.0363 e. The first kappa shape index (κ1) is 9.34. The minimum Gasteiger partial charge on any atom is -0.296 e. The van der Waals surface area contributed by atoms with E-state index in [-0.39, 0.29) is 0 Å². The zero-order valence-electron chi connectivity index (χ0n) is 9.10. The van der Waals surface area contributed by atoms with Gasteiger partial charge in [-0.3, -0.25) is 9.88 Å². The van der Waals surface area contributed by atoms with E-state index in [1.165, 1.54) is 44.3 Å². The minimum atomic E-state index is 0.645. The molecule has 1 atom stereocenters. The van der Waals surface area contributed by atoms with Gasteiger partial charge in [-0.25, -0.2) is 0 Å². The van der Waals surface area contributed by atoms with Crippen LogP contribution in [0.5, 0.6) is 0 Å². The summed E-state index contributed by atoms with van der Waals surface area (Å²) in [6.45, 7) is 2.59. The Morgan fingerprint density at radius 3 is 2.73 bits per heavy atom. The Hall–Kier alpha value is -0.890. The van der Waals surface area contributed by atoms with Crippen molar-refractivity contribution in [1.29, 1.82) is 0 Å². The molecular weight excluding hydrogens is 184 g/mol. The Kier molecular flexibility index (Phi) is 2.45. The van der Waals surface area contributed by atoms with Gasteiger partial charge in [-0.2, -0.15) is 0 Å². The van der Waals surface area contributed by atoms with Crippen molar-refractivity contribution in [3.8, 4) is 0 Å². The number of pyridine rings is 1. The molecule has 0 spiro atoms. The average molecular weight is 202 g/mol. The van der Waals surface area contributed by atoms with Gasteiger partial charge >= 0.3 is 0 Å². The van der Waals surface area contributed by atoms with Crippen LogP contribution in [0.4, 0.5) is 0 Å². The molecule has 3 fully saturated rings. The highest BCUT2D eigenvalue weighted by atomic mass is 15.2. The zero-order chi connectivity index (χ0) is 10.1. The maximum atomic E-state index is 4.25. The van der Waals surface area contributed by atoms with Crippen LogP contribution in [-0.2, 0) is 0 Å². The lowest BCUT2D eigenvalue weighted by Crippen LogP contribution is -2.33. The van der Waals surface area contributed by atoms with Crippen LogP contribution in [0.1, 0.15) is 37.3 Å². The number of fused-ring (bicyclic) bond motifs is 4. The molecule has 0 amide bonds. The van der Waals surface area contributed by atoms with Crippen LogP contribution in [0.25, 0.3) is 0 Å². The first-order chi connectivity index (χ1) is 7.43. The largest absolute Gasteiger partial charge is 0.296 e. The van der Waals surface area contributed by atoms with Gasteiger partial charge in [0.25, 0.3) is 0 Å². The highest BCUT2D eigenvalue weighted by Crippen LogP contribution is 2.37. The first-order valence-corrected chi connectivity index (χ1v) is 6.07. The average Bonchev–Trinajstić information content (AvgIpc) is 2.63. The third kappa shape index (κ3) is 1.78. The fourth-order valence-electron chi connectivity index (χ4n) is 3.08. The van der Waals surface area contributed by atoms with Crippen LogP contribution in [0, 0.1) is 5.92 Å². The predicted octanol–water partition coefficient (Wildman–Crippen LogP) is 2.63. The standard InChI is InChI=1S/C13H18N2/c1-2-12(10-14-7-1)13-4-3-11-5-8-15(13)9-6-11/h1-2,7,10-11,13H,3-6,8-9H2/t13-/m0/s1. The molecule has 3 saturated heterocycles. The fourth-order valence-corrected chi connectivity index (χ4v) is 3.08. The van der Waals surface area contributed by atoms with E-state index in [1.807, 2.05) is 12.4 Å². The Balaban J connectivity index is 1.86. The molecule has 2 nitrogen and oxygen atoms in total. The van der Waals surface area contributed by atoms with Gasteiger partial charge in [0.05, 0.1) is 0 Å².